The third-order valence-corrected chi connectivity index (χ3v) is 5.42. The highest BCUT2D eigenvalue weighted by Gasteiger charge is 2.38. The maximum absolute atomic E-state index is 12.2. The molecule has 0 saturated carbocycles. The van der Waals surface area contributed by atoms with Gasteiger partial charge in [-0.25, -0.2) is 17.9 Å². The zero-order valence-electron chi connectivity index (χ0n) is 15.4. The standard InChI is InChI=1S/C18H13F3N2O7S/c19-18(20,21)29-11-5-7-12(8-6-11)31(27,28)22-10-9-15(24)30-23-16(25)13-3-1-2-4-14(13)17(23)26/h1-8,22H,9-10H2. The van der Waals surface area contributed by atoms with Gasteiger partial charge in [-0.2, -0.15) is 0 Å². The third-order valence-electron chi connectivity index (χ3n) is 3.94. The normalized spacial score (nSPS) is 13.8. The summed E-state index contributed by atoms with van der Waals surface area (Å²) in [5.41, 5.74) is 0.137. The number of sulfonamides is 1. The van der Waals surface area contributed by atoms with Crippen molar-refractivity contribution in [1.29, 1.82) is 0 Å². The van der Waals surface area contributed by atoms with Gasteiger partial charge in [0.05, 0.1) is 22.4 Å². The van der Waals surface area contributed by atoms with Crippen LogP contribution in [-0.4, -0.2) is 44.2 Å². The van der Waals surface area contributed by atoms with E-state index in [9.17, 15) is 36.0 Å². The highest BCUT2D eigenvalue weighted by Crippen LogP contribution is 2.24. The Morgan fingerprint density at radius 3 is 2.03 bits per heavy atom. The van der Waals surface area contributed by atoms with Crippen LogP contribution < -0.4 is 9.46 Å². The van der Waals surface area contributed by atoms with Crippen LogP contribution in [0.25, 0.3) is 0 Å². The lowest BCUT2D eigenvalue weighted by Gasteiger charge is -2.13. The van der Waals surface area contributed by atoms with Crippen LogP contribution in [0.3, 0.4) is 0 Å². The first-order valence-electron chi connectivity index (χ1n) is 8.52. The second kappa shape index (κ2) is 8.35. The molecule has 0 saturated heterocycles. The number of hydroxylamine groups is 2. The minimum Gasteiger partial charge on any atom is -0.406 e. The molecule has 2 aromatic carbocycles. The van der Waals surface area contributed by atoms with E-state index in [1.807, 2.05) is 0 Å². The minimum absolute atomic E-state index is 0.0685. The number of hydrogen-bond donors (Lipinski definition) is 1. The van der Waals surface area contributed by atoms with Crippen LogP contribution in [0.1, 0.15) is 27.1 Å². The molecule has 2 amide bonds. The topological polar surface area (TPSA) is 119 Å². The van der Waals surface area contributed by atoms with Gasteiger partial charge in [-0.3, -0.25) is 9.59 Å². The first-order chi connectivity index (χ1) is 14.5. The summed E-state index contributed by atoms with van der Waals surface area (Å²) >= 11 is 0. The van der Waals surface area contributed by atoms with Crippen LogP contribution in [0.2, 0.25) is 0 Å². The smallest absolute Gasteiger partial charge is 0.406 e. The van der Waals surface area contributed by atoms with Crippen LogP contribution in [0, 0.1) is 0 Å². The zero-order chi connectivity index (χ0) is 22.8. The summed E-state index contributed by atoms with van der Waals surface area (Å²) in [6.45, 7) is -0.453. The van der Waals surface area contributed by atoms with Gasteiger partial charge in [0.15, 0.2) is 0 Å². The first kappa shape index (κ1) is 22.2. The van der Waals surface area contributed by atoms with Gasteiger partial charge in [0.25, 0.3) is 11.8 Å². The predicted molar refractivity (Wildman–Crippen MR) is 96.0 cm³/mol. The molecule has 1 aliphatic rings. The Bertz CT molecular complexity index is 1100. The second-order valence-electron chi connectivity index (χ2n) is 6.08. The van der Waals surface area contributed by atoms with E-state index in [1.54, 1.807) is 0 Å². The van der Waals surface area contributed by atoms with Crippen LogP contribution in [0.5, 0.6) is 5.75 Å². The number of amides is 2. The van der Waals surface area contributed by atoms with Gasteiger partial charge in [0.1, 0.15) is 5.75 Å². The third kappa shape index (κ3) is 5.19. The number of rotatable bonds is 7. The van der Waals surface area contributed by atoms with Crippen molar-refractivity contribution in [2.24, 2.45) is 0 Å². The van der Waals surface area contributed by atoms with E-state index in [1.165, 1.54) is 24.3 Å². The molecule has 1 aliphatic heterocycles. The number of carbonyl (C=O) groups is 3. The van der Waals surface area contributed by atoms with E-state index in [0.29, 0.717) is 5.06 Å². The molecule has 0 spiro atoms. The lowest BCUT2D eigenvalue weighted by Crippen LogP contribution is -2.34. The van der Waals surface area contributed by atoms with Gasteiger partial charge < -0.3 is 9.57 Å². The Balaban J connectivity index is 1.53. The average Bonchev–Trinajstić information content (AvgIpc) is 2.92. The molecule has 0 aromatic heterocycles. The van der Waals surface area contributed by atoms with E-state index in [-0.39, 0.29) is 16.0 Å². The number of carbonyl (C=O) groups excluding carboxylic acids is 3. The molecule has 0 fully saturated rings. The molecule has 13 heteroatoms. The number of hydrogen-bond acceptors (Lipinski definition) is 7. The van der Waals surface area contributed by atoms with Gasteiger partial charge in [-0.1, -0.05) is 17.2 Å². The van der Waals surface area contributed by atoms with E-state index in [0.717, 1.165) is 24.3 Å². The quantitative estimate of drug-likeness (QED) is 0.631. The van der Waals surface area contributed by atoms with Crippen LogP contribution in [0.4, 0.5) is 13.2 Å². The number of fused-ring (bicyclic) bond motifs is 1. The monoisotopic (exact) mass is 458 g/mol. The highest BCUT2D eigenvalue weighted by atomic mass is 32.2. The fraction of sp³-hybridized carbons (Fsp3) is 0.167. The molecule has 0 aliphatic carbocycles. The lowest BCUT2D eigenvalue weighted by molar-refractivity contribution is -0.274. The molecule has 3 rings (SSSR count). The molecule has 9 nitrogen and oxygen atoms in total. The summed E-state index contributed by atoms with van der Waals surface area (Å²) in [4.78, 5) is 40.5. The van der Waals surface area contributed by atoms with Gasteiger partial charge >= 0.3 is 12.3 Å². The zero-order valence-corrected chi connectivity index (χ0v) is 16.2. The van der Waals surface area contributed by atoms with Crippen molar-refractivity contribution in [3.8, 4) is 5.75 Å². The van der Waals surface area contributed by atoms with Crippen LogP contribution >= 0.6 is 0 Å². The molecule has 0 bridgehead atoms. The van der Waals surface area contributed by atoms with Gasteiger partial charge in [0, 0.05) is 6.54 Å². The minimum atomic E-state index is -4.92. The molecular weight excluding hydrogens is 445 g/mol. The predicted octanol–water partition coefficient (Wildman–Crippen LogP) is 2.01. The Kier molecular flexibility index (Phi) is 5.99. The van der Waals surface area contributed by atoms with Crippen molar-refractivity contribution >= 4 is 27.8 Å². The van der Waals surface area contributed by atoms with Crippen molar-refractivity contribution in [3.05, 3.63) is 59.7 Å². The van der Waals surface area contributed by atoms with Gasteiger partial charge in [-0.05, 0) is 36.4 Å². The SMILES string of the molecule is O=C(CCNS(=O)(=O)c1ccc(OC(F)(F)F)cc1)ON1C(=O)c2ccccc2C1=O. The maximum atomic E-state index is 12.2. The number of nitrogens with zero attached hydrogens (tertiary/aromatic N) is 1. The van der Waals surface area contributed by atoms with Gasteiger partial charge in [-0.15, -0.1) is 13.2 Å². The lowest BCUT2D eigenvalue weighted by atomic mass is 10.1. The molecule has 1 N–H and O–H groups in total. The Hall–Kier alpha value is -3.45. The molecular formula is C18H13F3N2O7S. The van der Waals surface area contributed by atoms with Crippen molar-refractivity contribution < 1.29 is 45.5 Å². The summed E-state index contributed by atoms with van der Waals surface area (Å²) < 4.78 is 66.5. The first-order valence-corrected chi connectivity index (χ1v) is 10.0. The number of imide groups is 1. The van der Waals surface area contributed by atoms with Crippen LogP contribution in [0.15, 0.2) is 53.4 Å². The van der Waals surface area contributed by atoms with Crippen LogP contribution in [-0.2, 0) is 19.7 Å². The van der Waals surface area contributed by atoms with E-state index in [4.69, 9.17) is 4.84 Å². The molecule has 0 atom stereocenters. The Morgan fingerprint density at radius 1 is 0.968 bits per heavy atom. The van der Waals surface area contributed by atoms with Gasteiger partial charge in [0.2, 0.25) is 10.0 Å². The summed E-state index contributed by atoms with van der Waals surface area (Å²) in [7, 11) is -4.15. The number of halogens is 3. The Labute approximate surface area is 173 Å². The highest BCUT2D eigenvalue weighted by molar-refractivity contribution is 7.89. The number of alkyl halides is 3. The summed E-state index contributed by atoms with van der Waals surface area (Å²) in [6, 6.07) is 9.26. The van der Waals surface area contributed by atoms with Crippen molar-refractivity contribution in [3.63, 3.8) is 0 Å². The fourth-order valence-electron chi connectivity index (χ4n) is 2.59. The molecule has 0 unspecified atom stereocenters. The molecule has 31 heavy (non-hydrogen) atoms. The molecule has 164 valence electrons. The molecule has 2 aromatic rings. The Morgan fingerprint density at radius 2 is 1.52 bits per heavy atom. The number of nitrogens with one attached hydrogen (secondary N) is 1. The number of benzene rings is 2. The van der Waals surface area contributed by atoms with Crippen molar-refractivity contribution in [1.82, 2.24) is 9.79 Å². The fourth-order valence-corrected chi connectivity index (χ4v) is 3.62. The summed E-state index contributed by atoms with van der Waals surface area (Å²) in [5.74, 6) is -3.30. The van der Waals surface area contributed by atoms with Crippen molar-refractivity contribution in [2.45, 2.75) is 17.7 Å². The van der Waals surface area contributed by atoms with E-state index < -0.39 is 52.9 Å². The van der Waals surface area contributed by atoms with Crippen molar-refractivity contribution in [2.75, 3.05) is 6.54 Å². The summed E-state index contributed by atoms with van der Waals surface area (Å²) in [6.07, 6.45) is -5.44. The average molecular weight is 458 g/mol. The molecule has 1 heterocycles. The second-order valence-corrected chi connectivity index (χ2v) is 7.85. The largest absolute Gasteiger partial charge is 0.573 e. The van der Waals surface area contributed by atoms with E-state index in [2.05, 4.69) is 9.46 Å². The summed E-state index contributed by atoms with van der Waals surface area (Å²) in [5, 5.41) is 0.293. The maximum Gasteiger partial charge on any atom is 0.573 e. The number of ether oxygens (including phenoxy) is 1. The van der Waals surface area contributed by atoms with E-state index >= 15 is 0 Å². The molecule has 0 radical (unpaired) electrons.